The summed E-state index contributed by atoms with van der Waals surface area (Å²) in [5.41, 5.74) is 2.07. The zero-order chi connectivity index (χ0) is 17.5. The van der Waals surface area contributed by atoms with Crippen molar-refractivity contribution in [3.63, 3.8) is 0 Å². The standard InChI is InChI=1S/C19H25N3O3/c1-14-3-7-16(8-4-14)19-22-21-18(25-19)10-9-17(23)20-11-2-12-24-13-15-5-6-15/h3-4,7-8,15H,2,5-6,9-13H2,1H3,(H,20,23). The average molecular weight is 343 g/mol. The summed E-state index contributed by atoms with van der Waals surface area (Å²) in [5, 5.41) is 11.0. The molecule has 1 heterocycles. The molecule has 134 valence electrons. The number of amides is 1. The van der Waals surface area contributed by atoms with Crippen LogP contribution < -0.4 is 5.32 Å². The highest BCUT2D eigenvalue weighted by Crippen LogP contribution is 2.28. The number of ether oxygens (including phenoxy) is 1. The number of nitrogens with one attached hydrogen (secondary N) is 1. The van der Waals surface area contributed by atoms with Crippen LogP contribution in [0.1, 0.15) is 37.1 Å². The molecule has 1 aromatic carbocycles. The van der Waals surface area contributed by atoms with Gasteiger partial charge in [-0.1, -0.05) is 17.7 Å². The molecule has 25 heavy (non-hydrogen) atoms. The van der Waals surface area contributed by atoms with Crippen molar-refractivity contribution in [3.8, 4) is 11.5 Å². The van der Waals surface area contributed by atoms with E-state index in [0.29, 0.717) is 37.8 Å². The molecule has 0 spiro atoms. The largest absolute Gasteiger partial charge is 0.421 e. The summed E-state index contributed by atoms with van der Waals surface area (Å²) in [7, 11) is 0. The number of nitrogens with zero attached hydrogens (tertiary/aromatic N) is 2. The Labute approximate surface area is 148 Å². The number of rotatable bonds is 10. The van der Waals surface area contributed by atoms with Gasteiger partial charge in [-0.3, -0.25) is 4.79 Å². The monoisotopic (exact) mass is 343 g/mol. The van der Waals surface area contributed by atoms with Crippen LogP contribution in [0.2, 0.25) is 0 Å². The van der Waals surface area contributed by atoms with Gasteiger partial charge in [0, 0.05) is 38.2 Å². The van der Waals surface area contributed by atoms with Crippen LogP contribution >= 0.6 is 0 Å². The van der Waals surface area contributed by atoms with E-state index in [1.807, 2.05) is 31.2 Å². The third-order valence-electron chi connectivity index (χ3n) is 4.17. The van der Waals surface area contributed by atoms with Crippen molar-refractivity contribution in [1.29, 1.82) is 0 Å². The minimum atomic E-state index is -0.00252. The molecule has 1 fully saturated rings. The molecule has 0 aliphatic heterocycles. The smallest absolute Gasteiger partial charge is 0.247 e. The molecule has 1 N–H and O–H groups in total. The summed E-state index contributed by atoms with van der Waals surface area (Å²) in [6, 6.07) is 7.90. The number of hydrogen-bond acceptors (Lipinski definition) is 5. The van der Waals surface area contributed by atoms with E-state index in [0.717, 1.165) is 24.5 Å². The van der Waals surface area contributed by atoms with Gasteiger partial charge in [0.05, 0.1) is 0 Å². The Morgan fingerprint density at radius 3 is 2.84 bits per heavy atom. The van der Waals surface area contributed by atoms with Gasteiger partial charge in [0.1, 0.15) is 0 Å². The Bertz CT molecular complexity index is 677. The highest BCUT2D eigenvalue weighted by atomic mass is 16.5. The van der Waals surface area contributed by atoms with Crippen LogP contribution in [0.4, 0.5) is 0 Å². The van der Waals surface area contributed by atoms with Crippen LogP contribution in [0.5, 0.6) is 0 Å². The Morgan fingerprint density at radius 1 is 1.28 bits per heavy atom. The Balaban J connectivity index is 1.32. The third-order valence-corrected chi connectivity index (χ3v) is 4.17. The summed E-state index contributed by atoms with van der Waals surface area (Å²) in [6.07, 6.45) is 4.24. The fraction of sp³-hybridized carbons (Fsp3) is 0.526. The fourth-order valence-electron chi connectivity index (χ4n) is 2.41. The van der Waals surface area contributed by atoms with E-state index in [-0.39, 0.29) is 5.91 Å². The fourth-order valence-corrected chi connectivity index (χ4v) is 2.41. The first-order valence-corrected chi connectivity index (χ1v) is 8.94. The number of carbonyl (C=O) groups is 1. The molecule has 0 radical (unpaired) electrons. The van der Waals surface area contributed by atoms with Crippen molar-refractivity contribution in [2.45, 2.75) is 39.0 Å². The lowest BCUT2D eigenvalue weighted by molar-refractivity contribution is -0.121. The molecular weight excluding hydrogens is 318 g/mol. The highest BCUT2D eigenvalue weighted by Gasteiger charge is 2.20. The summed E-state index contributed by atoms with van der Waals surface area (Å²) in [5.74, 6) is 1.76. The second-order valence-electron chi connectivity index (χ2n) is 6.59. The van der Waals surface area contributed by atoms with Crippen LogP contribution in [-0.4, -0.2) is 35.9 Å². The summed E-state index contributed by atoms with van der Waals surface area (Å²) < 4.78 is 11.2. The Hall–Kier alpha value is -2.21. The SMILES string of the molecule is Cc1ccc(-c2nnc(CCC(=O)NCCCOCC3CC3)o2)cc1. The second kappa shape index (κ2) is 8.76. The quantitative estimate of drug-likeness (QED) is 0.671. The topological polar surface area (TPSA) is 77.2 Å². The highest BCUT2D eigenvalue weighted by molar-refractivity contribution is 5.75. The van der Waals surface area contributed by atoms with Gasteiger partial charge >= 0.3 is 0 Å². The molecule has 2 aromatic rings. The van der Waals surface area contributed by atoms with Crippen molar-refractivity contribution >= 4 is 5.91 Å². The van der Waals surface area contributed by atoms with E-state index in [2.05, 4.69) is 15.5 Å². The summed E-state index contributed by atoms with van der Waals surface area (Å²) >= 11 is 0. The normalized spacial score (nSPS) is 13.8. The Kier molecular flexibility index (Phi) is 6.17. The van der Waals surface area contributed by atoms with Gasteiger partial charge in [-0.05, 0) is 44.2 Å². The zero-order valence-electron chi connectivity index (χ0n) is 14.7. The van der Waals surface area contributed by atoms with E-state index in [9.17, 15) is 4.79 Å². The van der Waals surface area contributed by atoms with Crippen molar-refractivity contribution in [1.82, 2.24) is 15.5 Å². The van der Waals surface area contributed by atoms with Crippen LogP contribution in [0.3, 0.4) is 0 Å². The lowest BCUT2D eigenvalue weighted by Gasteiger charge is -2.05. The second-order valence-corrected chi connectivity index (χ2v) is 6.59. The van der Waals surface area contributed by atoms with E-state index < -0.39 is 0 Å². The van der Waals surface area contributed by atoms with Gasteiger partial charge in [-0.25, -0.2) is 0 Å². The maximum atomic E-state index is 11.8. The molecule has 0 unspecified atom stereocenters. The summed E-state index contributed by atoms with van der Waals surface area (Å²) in [6.45, 7) is 4.25. The van der Waals surface area contributed by atoms with Crippen molar-refractivity contribution in [2.24, 2.45) is 5.92 Å². The first-order valence-electron chi connectivity index (χ1n) is 8.94. The average Bonchev–Trinajstić information content (AvgIpc) is 3.32. The lowest BCUT2D eigenvalue weighted by Crippen LogP contribution is -2.25. The van der Waals surface area contributed by atoms with Crippen molar-refractivity contribution in [2.75, 3.05) is 19.8 Å². The maximum Gasteiger partial charge on any atom is 0.247 e. The van der Waals surface area contributed by atoms with E-state index in [4.69, 9.17) is 9.15 Å². The molecular formula is C19H25N3O3. The molecule has 0 saturated heterocycles. The minimum absolute atomic E-state index is 0.00252. The lowest BCUT2D eigenvalue weighted by atomic mass is 10.1. The number of aromatic nitrogens is 2. The van der Waals surface area contributed by atoms with Crippen LogP contribution in [0.15, 0.2) is 28.7 Å². The van der Waals surface area contributed by atoms with E-state index >= 15 is 0 Å². The number of carbonyl (C=O) groups excluding carboxylic acids is 1. The number of benzene rings is 1. The molecule has 1 saturated carbocycles. The predicted octanol–water partition coefficient (Wildman–Crippen LogP) is 2.91. The molecule has 6 heteroatoms. The number of hydrogen-bond donors (Lipinski definition) is 1. The zero-order valence-corrected chi connectivity index (χ0v) is 14.7. The minimum Gasteiger partial charge on any atom is -0.421 e. The Morgan fingerprint density at radius 2 is 2.08 bits per heavy atom. The first-order chi connectivity index (χ1) is 12.2. The van der Waals surface area contributed by atoms with Gasteiger partial charge in [-0.15, -0.1) is 10.2 Å². The molecule has 1 aromatic heterocycles. The van der Waals surface area contributed by atoms with Crippen LogP contribution in [-0.2, 0) is 16.0 Å². The first kappa shape index (κ1) is 17.6. The molecule has 3 rings (SSSR count). The number of aryl methyl sites for hydroxylation is 2. The van der Waals surface area contributed by atoms with Gasteiger partial charge < -0.3 is 14.5 Å². The molecule has 1 amide bonds. The van der Waals surface area contributed by atoms with E-state index in [1.54, 1.807) is 0 Å². The van der Waals surface area contributed by atoms with Gasteiger partial charge in [0.15, 0.2) is 0 Å². The molecule has 0 bridgehead atoms. The van der Waals surface area contributed by atoms with E-state index in [1.165, 1.54) is 18.4 Å². The van der Waals surface area contributed by atoms with Crippen molar-refractivity contribution < 1.29 is 13.9 Å². The predicted molar refractivity (Wildman–Crippen MR) is 94.0 cm³/mol. The molecule has 0 atom stereocenters. The summed E-state index contributed by atoms with van der Waals surface area (Å²) in [4.78, 5) is 11.8. The van der Waals surface area contributed by atoms with Gasteiger partial charge in [0.25, 0.3) is 0 Å². The van der Waals surface area contributed by atoms with Crippen LogP contribution in [0, 0.1) is 12.8 Å². The van der Waals surface area contributed by atoms with Crippen molar-refractivity contribution in [3.05, 3.63) is 35.7 Å². The van der Waals surface area contributed by atoms with Crippen LogP contribution in [0.25, 0.3) is 11.5 Å². The maximum absolute atomic E-state index is 11.8. The molecule has 1 aliphatic carbocycles. The molecule has 6 nitrogen and oxygen atoms in total. The van der Waals surface area contributed by atoms with Gasteiger partial charge in [-0.2, -0.15) is 0 Å². The third kappa shape index (κ3) is 5.98. The molecule has 1 aliphatic rings. The van der Waals surface area contributed by atoms with Gasteiger partial charge in [0.2, 0.25) is 17.7 Å².